The van der Waals surface area contributed by atoms with Crippen molar-refractivity contribution in [3.05, 3.63) is 53.0 Å². The molecule has 0 aliphatic carbocycles. The average molecular weight is 405 g/mol. The van der Waals surface area contributed by atoms with Crippen LogP contribution in [0.5, 0.6) is 0 Å². The number of nitrogens with one attached hydrogen (secondary N) is 1. The van der Waals surface area contributed by atoms with Crippen molar-refractivity contribution in [1.82, 2.24) is 0 Å². The molecule has 1 atom stereocenters. The first-order chi connectivity index (χ1) is 11.6. The zero-order chi connectivity index (χ0) is 17.1. The lowest BCUT2D eigenvalue weighted by Crippen LogP contribution is -2.28. The molecule has 3 rings (SSSR count). The van der Waals surface area contributed by atoms with Gasteiger partial charge in [-0.05, 0) is 42.7 Å². The summed E-state index contributed by atoms with van der Waals surface area (Å²) >= 11 is 5.01. The van der Waals surface area contributed by atoms with Gasteiger partial charge in [0.25, 0.3) is 0 Å². The van der Waals surface area contributed by atoms with E-state index in [1.807, 2.05) is 54.8 Å². The summed E-state index contributed by atoms with van der Waals surface area (Å²) in [5, 5.41) is 2.89. The molecule has 0 saturated carbocycles. The minimum absolute atomic E-state index is 0.0114. The van der Waals surface area contributed by atoms with E-state index in [0.717, 1.165) is 20.7 Å². The molecule has 1 saturated heterocycles. The highest BCUT2D eigenvalue weighted by molar-refractivity contribution is 9.10. The van der Waals surface area contributed by atoms with Crippen LogP contribution in [0.2, 0.25) is 0 Å². The average Bonchev–Trinajstić information content (AvgIpc) is 2.97. The third-order valence-corrected chi connectivity index (χ3v) is 5.17. The highest BCUT2D eigenvalue weighted by atomic mass is 79.9. The van der Waals surface area contributed by atoms with E-state index in [9.17, 15) is 9.59 Å². The molecule has 4 nitrogen and oxygen atoms in total. The summed E-state index contributed by atoms with van der Waals surface area (Å²) in [6.45, 7) is 0.413. The van der Waals surface area contributed by atoms with Crippen LogP contribution in [0.3, 0.4) is 0 Å². The number of hydrogen-bond acceptors (Lipinski definition) is 3. The molecular formula is C18H17BrN2O2S. The molecule has 0 bridgehead atoms. The standard InChI is InChI=1S/C18H17BrN2O2S/c1-24-16-7-3-6-15(10-16)21-11-12(8-17(21)22)18(23)20-14-5-2-4-13(19)9-14/h2-7,9-10,12H,8,11H2,1H3,(H,20,23)/t12-/m0/s1. The number of nitrogens with zero attached hydrogens (tertiary/aromatic N) is 1. The summed E-state index contributed by atoms with van der Waals surface area (Å²) in [4.78, 5) is 27.6. The normalized spacial score (nSPS) is 17.2. The number of anilines is 2. The summed E-state index contributed by atoms with van der Waals surface area (Å²) in [6.07, 6.45) is 2.24. The molecule has 0 radical (unpaired) electrons. The largest absolute Gasteiger partial charge is 0.326 e. The summed E-state index contributed by atoms with van der Waals surface area (Å²) in [6, 6.07) is 15.3. The van der Waals surface area contributed by atoms with Crippen molar-refractivity contribution in [3.63, 3.8) is 0 Å². The van der Waals surface area contributed by atoms with Crippen LogP contribution in [-0.4, -0.2) is 24.6 Å². The highest BCUT2D eigenvalue weighted by Gasteiger charge is 2.35. The van der Waals surface area contributed by atoms with E-state index in [0.29, 0.717) is 6.54 Å². The Labute approximate surface area is 153 Å². The molecule has 0 unspecified atom stereocenters. The van der Waals surface area contributed by atoms with Gasteiger partial charge in [0.2, 0.25) is 11.8 Å². The van der Waals surface area contributed by atoms with Gasteiger partial charge in [-0.15, -0.1) is 11.8 Å². The third-order valence-electron chi connectivity index (χ3n) is 3.95. The molecule has 1 heterocycles. The van der Waals surface area contributed by atoms with Gasteiger partial charge in [0, 0.05) is 33.7 Å². The second-order valence-electron chi connectivity index (χ2n) is 5.61. The summed E-state index contributed by atoms with van der Waals surface area (Å²) in [5.74, 6) is -0.470. The zero-order valence-corrected chi connectivity index (χ0v) is 15.6. The number of carbonyl (C=O) groups excluding carboxylic acids is 2. The Morgan fingerprint density at radius 3 is 2.79 bits per heavy atom. The van der Waals surface area contributed by atoms with Crippen LogP contribution < -0.4 is 10.2 Å². The van der Waals surface area contributed by atoms with Gasteiger partial charge in [0.15, 0.2) is 0 Å². The number of amides is 2. The van der Waals surface area contributed by atoms with Gasteiger partial charge >= 0.3 is 0 Å². The quantitative estimate of drug-likeness (QED) is 0.778. The molecule has 24 heavy (non-hydrogen) atoms. The van der Waals surface area contributed by atoms with Crippen LogP contribution >= 0.6 is 27.7 Å². The molecule has 124 valence electrons. The maximum Gasteiger partial charge on any atom is 0.229 e. The van der Waals surface area contributed by atoms with Gasteiger partial charge in [0.1, 0.15) is 0 Å². The fraction of sp³-hybridized carbons (Fsp3) is 0.222. The minimum Gasteiger partial charge on any atom is -0.326 e. The Kier molecular flexibility index (Phi) is 5.26. The molecule has 6 heteroatoms. The number of rotatable bonds is 4. The van der Waals surface area contributed by atoms with Crippen molar-refractivity contribution < 1.29 is 9.59 Å². The smallest absolute Gasteiger partial charge is 0.229 e. The van der Waals surface area contributed by atoms with E-state index in [1.165, 1.54) is 0 Å². The number of thioether (sulfide) groups is 1. The summed E-state index contributed by atoms with van der Waals surface area (Å²) in [5.41, 5.74) is 1.58. The second-order valence-corrected chi connectivity index (χ2v) is 7.40. The Bertz CT molecular complexity index is 781. The van der Waals surface area contributed by atoms with Crippen molar-refractivity contribution in [2.45, 2.75) is 11.3 Å². The number of halogens is 1. The predicted molar refractivity (Wildman–Crippen MR) is 101 cm³/mol. The van der Waals surface area contributed by atoms with E-state index in [2.05, 4.69) is 21.2 Å². The fourth-order valence-corrected chi connectivity index (χ4v) is 3.57. The highest BCUT2D eigenvalue weighted by Crippen LogP contribution is 2.29. The van der Waals surface area contributed by atoms with E-state index in [1.54, 1.807) is 16.7 Å². The maximum atomic E-state index is 12.5. The van der Waals surface area contributed by atoms with Gasteiger partial charge in [0.05, 0.1) is 5.92 Å². The van der Waals surface area contributed by atoms with E-state index in [4.69, 9.17) is 0 Å². The SMILES string of the molecule is CSc1cccc(N2C[C@@H](C(=O)Nc3cccc(Br)c3)CC2=O)c1. The van der Waals surface area contributed by atoms with Crippen LogP contribution in [0.15, 0.2) is 57.9 Å². The minimum atomic E-state index is -0.339. The van der Waals surface area contributed by atoms with Crippen LogP contribution in [0.4, 0.5) is 11.4 Å². The van der Waals surface area contributed by atoms with Gasteiger partial charge in [-0.3, -0.25) is 9.59 Å². The van der Waals surface area contributed by atoms with Crippen LogP contribution in [0.25, 0.3) is 0 Å². The Hall–Kier alpha value is -1.79. The number of benzene rings is 2. The lowest BCUT2D eigenvalue weighted by Gasteiger charge is -2.17. The Morgan fingerprint density at radius 1 is 1.25 bits per heavy atom. The first-order valence-corrected chi connectivity index (χ1v) is 9.59. The van der Waals surface area contributed by atoms with E-state index >= 15 is 0 Å². The zero-order valence-electron chi connectivity index (χ0n) is 13.2. The molecule has 1 aliphatic heterocycles. The van der Waals surface area contributed by atoms with Crippen molar-refractivity contribution in [2.24, 2.45) is 5.92 Å². The second kappa shape index (κ2) is 7.40. The predicted octanol–water partition coefficient (Wildman–Crippen LogP) is 4.16. The van der Waals surface area contributed by atoms with E-state index in [-0.39, 0.29) is 24.2 Å². The molecule has 1 fully saturated rings. The van der Waals surface area contributed by atoms with Gasteiger partial charge in [-0.2, -0.15) is 0 Å². The molecule has 0 spiro atoms. The maximum absolute atomic E-state index is 12.5. The van der Waals surface area contributed by atoms with Crippen molar-refractivity contribution in [3.8, 4) is 0 Å². The molecule has 1 aliphatic rings. The molecule has 0 aromatic heterocycles. The summed E-state index contributed by atoms with van der Waals surface area (Å²) < 4.78 is 0.901. The van der Waals surface area contributed by atoms with E-state index < -0.39 is 0 Å². The Balaban J connectivity index is 1.70. The van der Waals surface area contributed by atoms with Crippen LogP contribution in [-0.2, 0) is 9.59 Å². The molecular weight excluding hydrogens is 388 g/mol. The lowest BCUT2D eigenvalue weighted by molar-refractivity contribution is -0.122. The molecule has 2 aromatic carbocycles. The van der Waals surface area contributed by atoms with Gasteiger partial charge in [-0.1, -0.05) is 28.1 Å². The number of carbonyl (C=O) groups is 2. The topological polar surface area (TPSA) is 49.4 Å². The van der Waals surface area contributed by atoms with Crippen molar-refractivity contribution >= 4 is 50.9 Å². The van der Waals surface area contributed by atoms with Crippen molar-refractivity contribution in [2.75, 3.05) is 23.0 Å². The molecule has 2 aromatic rings. The molecule has 1 N–H and O–H groups in total. The Morgan fingerprint density at radius 2 is 2.04 bits per heavy atom. The monoisotopic (exact) mass is 404 g/mol. The third kappa shape index (κ3) is 3.82. The lowest BCUT2D eigenvalue weighted by atomic mass is 10.1. The fourth-order valence-electron chi connectivity index (χ4n) is 2.72. The van der Waals surface area contributed by atoms with Crippen molar-refractivity contribution in [1.29, 1.82) is 0 Å². The first kappa shape index (κ1) is 17.0. The van der Waals surface area contributed by atoms with Gasteiger partial charge in [-0.25, -0.2) is 0 Å². The van der Waals surface area contributed by atoms with Crippen LogP contribution in [0, 0.1) is 5.92 Å². The molecule has 2 amide bonds. The van der Waals surface area contributed by atoms with Crippen LogP contribution in [0.1, 0.15) is 6.42 Å². The first-order valence-electron chi connectivity index (χ1n) is 7.57. The number of hydrogen-bond donors (Lipinski definition) is 1. The summed E-state index contributed by atoms with van der Waals surface area (Å²) in [7, 11) is 0. The van der Waals surface area contributed by atoms with Gasteiger partial charge < -0.3 is 10.2 Å².